The number of fused-ring (bicyclic) bond motifs is 3. The molecule has 9 aromatic heterocycles. The number of rotatable bonds is 44. The van der Waals surface area contributed by atoms with Crippen LogP contribution in [0, 0.1) is 17.8 Å². The van der Waals surface area contributed by atoms with E-state index in [1.807, 2.05) is 30.6 Å². The number of ether oxygens (including phenoxy) is 5. The van der Waals surface area contributed by atoms with E-state index in [9.17, 15) is 57.5 Å². The number of nitrogen functional groups attached to an aromatic ring is 1. The second kappa shape index (κ2) is 53.9. The summed E-state index contributed by atoms with van der Waals surface area (Å²) >= 11 is 0. The number of aromatic nitrogens is 9. The van der Waals surface area contributed by atoms with Gasteiger partial charge in [-0.3, -0.25) is 53.3 Å². The third-order valence-electron chi connectivity index (χ3n) is 21.4. The number of carbonyl (C=O) groups is 9. The largest absolute Gasteiger partial charge is 0.480 e. The maximum absolute atomic E-state index is 13.7. The number of nitrogens with one attached hydrogen (secondary N) is 4. The number of nitrogens with zero attached hydrogens (tertiary/aromatic N) is 11. The van der Waals surface area contributed by atoms with Gasteiger partial charge in [0.2, 0.25) is 17.7 Å². The van der Waals surface area contributed by atoms with Crippen LogP contribution in [-0.2, 0) is 118 Å². The Morgan fingerprint density at radius 3 is 1.19 bits per heavy atom. The fourth-order valence-corrected chi connectivity index (χ4v) is 15.6. The number of H-pyrrole nitrogens is 1. The van der Waals surface area contributed by atoms with Crippen LogP contribution in [0.4, 0.5) is 20.1 Å². The molecule has 9 rings (SSSR count). The smallest absolute Gasteiger partial charge is 0.407 e. The van der Waals surface area contributed by atoms with Crippen LogP contribution in [0.15, 0.2) is 161 Å². The molecule has 7 N–H and O–H groups in total. The van der Waals surface area contributed by atoms with Gasteiger partial charge in [0, 0.05) is 150 Å². The van der Waals surface area contributed by atoms with E-state index in [-0.39, 0.29) is 90.3 Å². The number of carboxylic acid groups (broad SMARTS) is 1. The number of anilines is 1. The first-order chi connectivity index (χ1) is 63.3. The highest BCUT2D eigenvalue weighted by Crippen LogP contribution is 2.29. The Kier molecular flexibility index (Phi) is 44.3. The molecule has 36 heteroatoms. The number of allylic oxidation sites excluding steroid dienone is 3. The van der Waals surface area contributed by atoms with Gasteiger partial charge >= 0.3 is 24.2 Å². The van der Waals surface area contributed by atoms with Crippen LogP contribution >= 0.6 is 0 Å². The van der Waals surface area contributed by atoms with Crippen molar-refractivity contribution in [3.63, 3.8) is 0 Å². The number of alkyl carbamates (subject to hydrolysis) is 3. The summed E-state index contributed by atoms with van der Waals surface area (Å²) in [6, 6.07) is 21.7. The molecule has 9 heterocycles. The minimum absolute atomic E-state index is 0.151. The van der Waals surface area contributed by atoms with Crippen LogP contribution in [0.2, 0.25) is 51.4 Å². The number of amides is 6. The highest BCUT2D eigenvalue weighted by Gasteiger charge is 2.27. The number of carboxylic acids is 1. The molecule has 0 unspecified atom stereocenters. The molecule has 0 aliphatic heterocycles. The fourth-order valence-electron chi connectivity index (χ4n) is 14.1. The number of methoxy groups -OCH3 is 3. The molecule has 6 amide bonds. The number of nitrogens with two attached hydrogens (primary N) is 1. The molecule has 9 aromatic rings. The molecule has 34 nitrogen and oxygen atoms in total. The third-order valence-corrected chi connectivity index (χ3v) is 24.8. The predicted octanol–water partition coefficient (Wildman–Crippen LogP) is 12.8. The van der Waals surface area contributed by atoms with Crippen molar-refractivity contribution < 1.29 is 71.9 Å². The average molecular weight is 1890 g/mol. The predicted molar refractivity (Wildman–Crippen MR) is 527 cm³/mol. The molecule has 0 saturated carbocycles. The Morgan fingerprint density at radius 1 is 0.470 bits per heavy atom. The molecular weight excluding hydrogens is 1750 g/mol. The molecule has 0 spiro atoms. The van der Waals surface area contributed by atoms with E-state index in [1.54, 1.807) is 135 Å². The SMILES string of the molecule is CC(C)Cc1ccnc2cc(Cn3cccc(N)c3=O)n(COCC[Si](C)(C)C)c12.COC(=O)N[C@@H](CC/C=C/C(=O)N(C)C)C(=O)Cc1cccn(Cc2cc3nccc(CC(C)C)c3[nH]2)c1=O.COC(=O)N[C@@H](CC/C=C/C(=O)N(C)C)C(=O)Cc1cccn(Cc2cc3nccc(CC(C)C)c3n2COCC[Si](C)(C)C)c1=O.COC(=O)N[C@@H](CC/C=C/C(=O)N(C)C)C(=O)O. The zero-order valence-corrected chi connectivity index (χ0v) is 83.8. The highest BCUT2D eigenvalue weighted by atomic mass is 28.3. The van der Waals surface area contributed by atoms with Crippen LogP contribution < -0.4 is 38.4 Å². The second-order valence-electron chi connectivity index (χ2n) is 37.2. The van der Waals surface area contributed by atoms with E-state index in [4.69, 9.17) is 25.1 Å². The number of likely N-dealkylation sites (N-methyl/N-ethyl adjacent to an activating group) is 3. The lowest BCUT2D eigenvalue weighted by Gasteiger charge is -2.18. The first-order valence-corrected chi connectivity index (χ1v) is 52.5. The molecule has 134 heavy (non-hydrogen) atoms. The minimum atomic E-state index is -1.27. The van der Waals surface area contributed by atoms with Crippen LogP contribution in [0.3, 0.4) is 0 Å². The van der Waals surface area contributed by atoms with Crippen LogP contribution in [0.1, 0.15) is 125 Å². The van der Waals surface area contributed by atoms with E-state index in [0.29, 0.717) is 81.3 Å². The fraction of sp³-hybridized carbons (Fsp3) is 0.480. The molecule has 0 radical (unpaired) electrons. The zero-order valence-electron chi connectivity index (χ0n) is 81.8. The van der Waals surface area contributed by atoms with Crippen LogP contribution in [-0.4, -0.2) is 227 Å². The average Bonchev–Trinajstić information content (AvgIpc) is 1.63. The summed E-state index contributed by atoms with van der Waals surface area (Å²) in [5, 5.41) is 16.2. The summed E-state index contributed by atoms with van der Waals surface area (Å²) in [7, 11) is 11.0. The van der Waals surface area contributed by atoms with Gasteiger partial charge in [-0.1, -0.05) is 111 Å². The van der Waals surface area contributed by atoms with Gasteiger partial charge in [-0.2, -0.15) is 0 Å². The van der Waals surface area contributed by atoms with E-state index in [0.717, 1.165) is 95.2 Å². The van der Waals surface area contributed by atoms with Gasteiger partial charge in [-0.15, -0.1) is 0 Å². The first-order valence-electron chi connectivity index (χ1n) is 45.1. The number of Topliss-reactive ketones (excluding diaryl/α,β-unsaturated/α-hetero) is 2. The van der Waals surface area contributed by atoms with Gasteiger partial charge < -0.3 is 93.0 Å². The molecule has 0 aromatic carbocycles. The number of aliphatic carboxylic acids is 1. The van der Waals surface area contributed by atoms with Crippen molar-refractivity contribution in [3.05, 3.63) is 222 Å². The minimum Gasteiger partial charge on any atom is -0.480 e. The van der Waals surface area contributed by atoms with Crippen molar-refractivity contribution in [2.75, 3.05) is 82.6 Å². The number of aromatic amines is 1. The van der Waals surface area contributed by atoms with E-state index in [2.05, 4.69) is 154 Å². The van der Waals surface area contributed by atoms with Crippen molar-refractivity contribution >= 4 is 108 Å². The molecule has 0 aliphatic carbocycles. The Morgan fingerprint density at radius 2 is 0.821 bits per heavy atom. The zero-order chi connectivity index (χ0) is 99.3. The number of hydrogen-bond acceptors (Lipinski definition) is 21. The van der Waals surface area contributed by atoms with E-state index >= 15 is 0 Å². The lowest BCUT2D eigenvalue weighted by Crippen LogP contribution is -2.42. The van der Waals surface area contributed by atoms with Gasteiger partial charge in [-0.25, -0.2) is 19.2 Å². The standard InChI is InChI=1S/C35H51N5O6Si.C29H37N5O5.C23H34N4O2Si.C11H18N2O5/c1-25(2)20-26-15-16-36-30-22-28(40(33(26)30)24-46-18-19-47(6,7)8)23-39-17-11-12-27(34(39)43)21-31(41)29(37-35(44)45-5)13-9-10-14-32(42)38(3)4;1-19(2)15-20-12-13-30-24-17-22(31-27(20)24)18-34-14-8-9-21(28(34)37)16-25(35)23(32-29(38)39-5)10-6-7-11-26(36)33(3)4;1-17(2)13-18-8-9-25-21-14-19(15-26-10-6-7-20(24)23(26)28)27(22(18)21)16-29-11-12-30(3,4)5;1-13(2)9(14)7-5-4-6-8(10(15)16)12-11(17)18-3/h10-12,14-17,22,25,29H,9,13,18-21,23-24H2,1-8H3,(H,37,44);7-9,11-14,17,19,23,31H,6,10,15-16,18H2,1-5H3,(H,32,38);6-10,14,17H,11-13,15-16,24H2,1-5H3;5,7-8H,4,6H2,1-3H3,(H,12,17)(H,15,16)/b14-10+;11-7+;;7-5+/t29-;23-;;8-/m00.0/s1. The van der Waals surface area contributed by atoms with Gasteiger partial charge in [0.15, 0.2) is 11.6 Å². The van der Waals surface area contributed by atoms with Crippen molar-refractivity contribution in [2.24, 2.45) is 17.8 Å². The lowest BCUT2D eigenvalue weighted by atomic mass is 10.0. The number of ketones is 2. The summed E-state index contributed by atoms with van der Waals surface area (Å²) < 4.78 is 35.1. The number of pyridine rings is 6. The summed E-state index contributed by atoms with van der Waals surface area (Å²) in [6.07, 6.45) is 21.7. The van der Waals surface area contributed by atoms with Crippen molar-refractivity contribution in [3.8, 4) is 0 Å². The Labute approximate surface area is 787 Å². The molecular formula is C98H140N16O18Si2. The molecule has 3 atom stereocenters. The summed E-state index contributed by atoms with van der Waals surface area (Å²) in [6.45, 7) is 30.4. The normalized spacial score (nSPS) is 12.3. The summed E-state index contributed by atoms with van der Waals surface area (Å²) in [4.78, 5) is 168. The van der Waals surface area contributed by atoms with Gasteiger partial charge in [0.25, 0.3) is 16.7 Å². The van der Waals surface area contributed by atoms with Gasteiger partial charge in [0.1, 0.15) is 19.5 Å². The first kappa shape index (κ1) is 110. The lowest BCUT2D eigenvalue weighted by molar-refractivity contribution is -0.139. The van der Waals surface area contributed by atoms with E-state index < -0.39 is 58.5 Å². The van der Waals surface area contributed by atoms with E-state index in [1.165, 1.54) is 63.8 Å². The highest BCUT2D eigenvalue weighted by molar-refractivity contribution is 6.76. The maximum Gasteiger partial charge on any atom is 0.407 e. The van der Waals surface area contributed by atoms with Crippen molar-refractivity contribution in [1.29, 1.82) is 0 Å². The summed E-state index contributed by atoms with van der Waals surface area (Å²) in [5.41, 5.74) is 18.0. The Hall–Kier alpha value is -12.7. The van der Waals surface area contributed by atoms with Crippen molar-refractivity contribution in [1.82, 2.24) is 73.4 Å². The number of carbonyl (C=O) groups excluding carboxylic acids is 8. The third kappa shape index (κ3) is 36.4. The molecule has 728 valence electrons. The molecule has 0 fully saturated rings. The monoisotopic (exact) mass is 1890 g/mol. The van der Waals surface area contributed by atoms with Gasteiger partial charge in [0.05, 0.1) is 91.8 Å². The topological polar surface area (TPSA) is 422 Å². The summed E-state index contributed by atoms with van der Waals surface area (Å²) in [5.74, 6) is -0.851. The second-order valence-corrected chi connectivity index (χ2v) is 48.4. The van der Waals surface area contributed by atoms with Crippen LogP contribution in [0.5, 0.6) is 0 Å². The Balaban J connectivity index is 0.000000288. The van der Waals surface area contributed by atoms with Crippen molar-refractivity contribution in [2.45, 2.75) is 215 Å². The number of hydrogen-bond donors (Lipinski definition) is 6. The molecule has 0 bridgehead atoms. The van der Waals surface area contributed by atoms with Gasteiger partial charge in [-0.05, 0) is 183 Å². The molecule has 0 aliphatic rings. The Bertz CT molecular complexity index is 5720. The van der Waals surface area contributed by atoms with Crippen LogP contribution in [0.25, 0.3) is 33.1 Å². The molecule has 0 saturated heterocycles. The quantitative estimate of drug-likeness (QED) is 0.00894. The maximum atomic E-state index is 13.7.